The van der Waals surface area contributed by atoms with Crippen molar-refractivity contribution in [1.29, 1.82) is 0 Å². The first-order chi connectivity index (χ1) is 11.5. The molecule has 1 saturated heterocycles. The number of likely N-dealkylation sites (tertiary alicyclic amines) is 1. The molecule has 0 radical (unpaired) electrons. The zero-order valence-corrected chi connectivity index (χ0v) is 14.1. The molecule has 0 spiro atoms. The first-order valence-electron chi connectivity index (χ1n) is 8.16. The van der Waals surface area contributed by atoms with Gasteiger partial charge < -0.3 is 5.11 Å². The summed E-state index contributed by atoms with van der Waals surface area (Å²) in [6, 6.07) is 11.6. The highest BCUT2D eigenvalue weighted by atomic mass is 16.3. The molecule has 0 amide bonds. The monoisotopic (exact) mass is 329 g/mol. The van der Waals surface area contributed by atoms with Gasteiger partial charge in [-0.25, -0.2) is 4.79 Å². The Balaban J connectivity index is 1.72. The van der Waals surface area contributed by atoms with Gasteiger partial charge in [0.1, 0.15) is 0 Å². The molecule has 2 heterocycles. The van der Waals surface area contributed by atoms with Crippen molar-refractivity contribution in [3.05, 3.63) is 68.5 Å². The molecular formula is C18H23N3O3. The van der Waals surface area contributed by atoms with Crippen molar-refractivity contribution in [2.45, 2.75) is 19.1 Å². The first-order valence-corrected chi connectivity index (χ1v) is 8.16. The lowest BCUT2D eigenvalue weighted by atomic mass is 9.97. The number of β-amino-alcohol motifs (C(OH)–C–C–N with tert-alkyl or cyclic N) is 1. The second-order valence-electron chi connectivity index (χ2n) is 6.59. The van der Waals surface area contributed by atoms with E-state index in [0.717, 1.165) is 17.5 Å². The highest BCUT2D eigenvalue weighted by molar-refractivity contribution is 5.16. The molecule has 1 fully saturated rings. The molecule has 1 aromatic carbocycles. The van der Waals surface area contributed by atoms with Crippen LogP contribution in [0.2, 0.25) is 0 Å². The summed E-state index contributed by atoms with van der Waals surface area (Å²) in [7, 11) is 3.15. The van der Waals surface area contributed by atoms with Gasteiger partial charge in [0.15, 0.2) is 0 Å². The highest BCUT2D eigenvalue weighted by Crippen LogP contribution is 2.22. The quantitative estimate of drug-likeness (QED) is 0.865. The number of hydrogen-bond donors (Lipinski definition) is 1. The van der Waals surface area contributed by atoms with Crippen LogP contribution in [-0.2, 0) is 27.1 Å². The van der Waals surface area contributed by atoms with Crippen LogP contribution < -0.4 is 11.2 Å². The van der Waals surface area contributed by atoms with Crippen LogP contribution in [-0.4, -0.2) is 38.3 Å². The third-order valence-corrected chi connectivity index (χ3v) is 4.83. The van der Waals surface area contributed by atoms with Gasteiger partial charge in [0.25, 0.3) is 5.56 Å². The van der Waals surface area contributed by atoms with Crippen LogP contribution >= 0.6 is 0 Å². The first kappa shape index (κ1) is 16.7. The van der Waals surface area contributed by atoms with Gasteiger partial charge in [0, 0.05) is 51.4 Å². The van der Waals surface area contributed by atoms with Crippen LogP contribution in [0.15, 0.2) is 46.0 Å². The van der Waals surface area contributed by atoms with Gasteiger partial charge in [0.05, 0.1) is 6.10 Å². The molecule has 1 aromatic heterocycles. The van der Waals surface area contributed by atoms with Crippen LogP contribution in [0.25, 0.3) is 0 Å². The number of nitrogens with zero attached hydrogens (tertiary/aromatic N) is 3. The molecule has 0 aliphatic carbocycles. The Labute approximate surface area is 140 Å². The second-order valence-corrected chi connectivity index (χ2v) is 6.59. The van der Waals surface area contributed by atoms with Gasteiger partial charge in [-0.3, -0.25) is 18.8 Å². The maximum absolute atomic E-state index is 12.0. The van der Waals surface area contributed by atoms with Gasteiger partial charge in [-0.1, -0.05) is 30.3 Å². The van der Waals surface area contributed by atoms with Crippen molar-refractivity contribution in [3.8, 4) is 0 Å². The largest absolute Gasteiger partial charge is 0.391 e. The lowest BCUT2D eigenvalue weighted by Crippen LogP contribution is -2.39. The Morgan fingerprint density at radius 3 is 2.50 bits per heavy atom. The van der Waals surface area contributed by atoms with Gasteiger partial charge in [-0.05, 0) is 12.0 Å². The molecule has 1 N–H and O–H groups in total. The molecule has 24 heavy (non-hydrogen) atoms. The molecular weight excluding hydrogens is 306 g/mol. The molecule has 1 aliphatic rings. The molecule has 128 valence electrons. The molecule has 2 atom stereocenters. The van der Waals surface area contributed by atoms with Crippen LogP contribution in [0, 0.1) is 5.92 Å². The van der Waals surface area contributed by atoms with Gasteiger partial charge in [-0.15, -0.1) is 0 Å². The van der Waals surface area contributed by atoms with E-state index in [4.69, 9.17) is 0 Å². The van der Waals surface area contributed by atoms with Crippen molar-refractivity contribution in [1.82, 2.24) is 14.0 Å². The Morgan fingerprint density at radius 1 is 1.08 bits per heavy atom. The third kappa shape index (κ3) is 3.34. The SMILES string of the molecule is Cn1c(CN2C[C@@H](Cc3ccccc3)[C@H](O)C2)cc(=O)n(C)c1=O. The average Bonchev–Trinajstić information content (AvgIpc) is 2.91. The number of hydrogen-bond acceptors (Lipinski definition) is 4. The zero-order chi connectivity index (χ0) is 17.3. The molecule has 2 aromatic rings. The van der Waals surface area contributed by atoms with E-state index in [1.54, 1.807) is 7.05 Å². The summed E-state index contributed by atoms with van der Waals surface area (Å²) in [5.74, 6) is 0.163. The summed E-state index contributed by atoms with van der Waals surface area (Å²) in [6.45, 7) is 1.80. The van der Waals surface area contributed by atoms with Crippen LogP contribution in [0.4, 0.5) is 0 Å². The number of benzene rings is 1. The lowest BCUT2D eigenvalue weighted by Gasteiger charge is -2.18. The minimum Gasteiger partial charge on any atom is -0.391 e. The van der Waals surface area contributed by atoms with Crippen molar-refractivity contribution in [3.63, 3.8) is 0 Å². The third-order valence-electron chi connectivity index (χ3n) is 4.83. The Hall–Kier alpha value is -2.18. The standard InChI is InChI=1S/C18H23N3O3/c1-19-15(9-17(23)20(2)18(19)24)11-21-10-14(16(22)12-21)8-13-6-4-3-5-7-13/h3-7,9,14,16,22H,8,10-12H2,1-2H3/t14-,16-/m1/s1. The second kappa shape index (κ2) is 6.75. The molecule has 0 bridgehead atoms. The number of aliphatic hydroxyl groups is 1. The van der Waals surface area contributed by atoms with E-state index in [-0.39, 0.29) is 17.2 Å². The summed E-state index contributed by atoms with van der Waals surface area (Å²) < 4.78 is 2.60. The Morgan fingerprint density at radius 2 is 1.79 bits per heavy atom. The normalized spacial score (nSPS) is 21.3. The van der Waals surface area contributed by atoms with Gasteiger partial charge >= 0.3 is 5.69 Å². The van der Waals surface area contributed by atoms with E-state index in [1.165, 1.54) is 23.2 Å². The summed E-state index contributed by atoms with van der Waals surface area (Å²) in [6.07, 6.45) is 0.433. The molecule has 1 aliphatic heterocycles. The van der Waals surface area contributed by atoms with E-state index in [2.05, 4.69) is 17.0 Å². The van der Waals surface area contributed by atoms with Crippen LogP contribution in [0.5, 0.6) is 0 Å². The maximum Gasteiger partial charge on any atom is 0.330 e. The van der Waals surface area contributed by atoms with E-state index in [1.807, 2.05) is 18.2 Å². The van der Waals surface area contributed by atoms with E-state index >= 15 is 0 Å². The molecule has 0 unspecified atom stereocenters. The van der Waals surface area contributed by atoms with Crippen LogP contribution in [0.3, 0.4) is 0 Å². The van der Waals surface area contributed by atoms with E-state index < -0.39 is 6.10 Å². The fraction of sp³-hybridized carbons (Fsp3) is 0.444. The minimum absolute atomic E-state index is 0.163. The van der Waals surface area contributed by atoms with E-state index in [9.17, 15) is 14.7 Å². The fourth-order valence-corrected chi connectivity index (χ4v) is 3.35. The highest BCUT2D eigenvalue weighted by Gasteiger charge is 2.31. The average molecular weight is 329 g/mol. The molecule has 0 saturated carbocycles. The number of rotatable bonds is 4. The van der Waals surface area contributed by atoms with Crippen molar-refractivity contribution in [2.75, 3.05) is 13.1 Å². The van der Waals surface area contributed by atoms with Crippen molar-refractivity contribution < 1.29 is 5.11 Å². The van der Waals surface area contributed by atoms with Crippen molar-refractivity contribution >= 4 is 0 Å². The molecule has 3 rings (SSSR count). The van der Waals surface area contributed by atoms with Crippen LogP contribution in [0.1, 0.15) is 11.3 Å². The van der Waals surface area contributed by atoms with E-state index in [0.29, 0.717) is 18.8 Å². The smallest absolute Gasteiger partial charge is 0.330 e. The maximum atomic E-state index is 12.0. The minimum atomic E-state index is -0.395. The number of aromatic nitrogens is 2. The summed E-state index contributed by atoms with van der Waals surface area (Å²) >= 11 is 0. The molecule has 6 nitrogen and oxygen atoms in total. The Kier molecular flexibility index (Phi) is 4.69. The predicted molar refractivity (Wildman–Crippen MR) is 91.8 cm³/mol. The van der Waals surface area contributed by atoms with Gasteiger partial charge in [0.2, 0.25) is 0 Å². The number of aliphatic hydroxyl groups excluding tert-OH is 1. The fourth-order valence-electron chi connectivity index (χ4n) is 3.35. The summed E-state index contributed by atoms with van der Waals surface area (Å²) in [5, 5.41) is 10.3. The summed E-state index contributed by atoms with van der Waals surface area (Å²) in [4.78, 5) is 26.0. The predicted octanol–water partition coefficient (Wildman–Crippen LogP) is 0.119. The Bertz CT molecular complexity index is 826. The lowest BCUT2D eigenvalue weighted by molar-refractivity contribution is 0.140. The van der Waals surface area contributed by atoms with Gasteiger partial charge in [-0.2, -0.15) is 0 Å². The summed E-state index contributed by atoms with van der Waals surface area (Å²) in [5.41, 5.74) is 1.27. The molecule has 6 heteroatoms. The topological polar surface area (TPSA) is 67.5 Å². The van der Waals surface area contributed by atoms with Crippen molar-refractivity contribution in [2.24, 2.45) is 20.0 Å². The zero-order valence-electron chi connectivity index (χ0n) is 14.1.